The number of amides is 1. The summed E-state index contributed by atoms with van der Waals surface area (Å²) in [4.78, 5) is 16.4. The van der Waals surface area contributed by atoms with E-state index < -0.39 is 29.8 Å². The van der Waals surface area contributed by atoms with Gasteiger partial charge in [0, 0.05) is 17.5 Å². The van der Waals surface area contributed by atoms with E-state index in [-0.39, 0.29) is 5.69 Å². The van der Waals surface area contributed by atoms with Gasteiger partial charge in [-0.2, -0.15) is 13.2 Å². The Bertz CT molecular complexity index is 746. The first-order valence-corrected chi connectivity index (χ1v) is 8.55. The Morgan fingerprint density at radius 1 is 1.32 bits per heavy atom. The van der Waals surface area contributed by atoms with Crippen molar-refractivity contribution in [1.82, 2.24) is 15.6 Å². The van der Waals surface area contributed by atoms with Gasteiger partial charge in [-0.25, -0.2) is 4.98 Å². The van der Waals surface area contributed by atoms with Gasteiger partial charge in [-0.1, -0.05) is 12.1 Å². The Morgan fingerprint density at radius 2 is 2.04 bits per heavy atom. The van der Waals surface area contributed by atoms with Crippen molar-refractivity contribution >= 4 is 17.2 Å². The molecule has 0 saturated carbocycles. The summed E-state index contributed by atoms with van der Waals surface area (Å²) in [6, 6.07) is 4.25. The van der Waals surface area contributed by atoms with Crippen LogP contribution in [0.2, 0.25) is 0 Å². The second-order valence-corrected chi connectivity index (χ2v) is 6.61. The fraction of sp³-hybridized carbons (Fsp3) is 0.375. The molecule has 2 aromatic rings. The lowest BCUT2D eigenvalue weighted by Crippen LogP contribution is -2.53. The van der Waals surface area contributed by atoms with Crippen LogP contribution in [0.5, 0.6) is 0 Å². The molecule has 0 aliphatic carbocycles. The van der Waals surface area contributed by atoms with Crippen LogP contribution in [0.15, 0.2) is 29.6 Å². The molecule has 2 atom stereocenters. The van der Waals surface area contributed by atoms with E-state index in [2.05, 4.69) is 15.6 Å². The van der Waals surface area contributed by atoms with Gasteiger partial charge < -0.3 is 15.7 Å². The molecular formula is C16H16F3N3O2S. The molecule has 0 radical (unpaired) electrons. The smallest absolute Gasteiger partial charge is 0.391 e. The Hall–Kier alpha value is -1.97. The van der Waals surface area contributed by atoms with Crippen LogP contribution < -0.4 is 10.6 Å². The molecule has 134 valence electrons. The number of alkyl halides is 3. The molecule has 1 fully saturated rings. The second kappa shape index (κ2) is 7.11. The first-order valence-electron chi connectivity index (χ1n) is 7.67. The quantitative estimate of drug-likeness (QED) is 0.774. The lowest BCUT2D eigenvalue weighted by molar-refractivity contribution is -0.137. The summed E-state index contributed by atoms with van der Waals surface area (Å²) in [5, 5.41) is 17.7. The van der Waals surface area contributed by atoms with Crippen molar-refractivity contribution in [3.8, 4) is 10.6 Å². The highest BCUT2D eigenvalue weighted by molar-refractivity contribution is 7.13. The van der Waals surface area contributed by atoms with E-state index in [1.807, 2.05) is 0 Å². The number of aliphatic hydroxyl groups excluding tert-OH is 1. The predicted molar refractivity (Wildman–Crippen MR) is 87.3 cm³/mol. The van der Waals surface area contributed by atoms with Crippen LogP contribution in [0.4, 0.5) is 13.2 Å². The standard InChI is InChI=1S/C16H16F3N3O2S/c17-16(18,19)10-3-1-9(2-4-10)15-22-12(8-25-15)14(24)21-11-7-20-6-5-13(11)23/h1-4,8,11,13,20,23H,5-7H2,(H,21,24)/t11-,13-/m1/s1. The number of nitrogens with zero attached hydrogens (tertiary/aromatic N) is 1. The molecule has 0 bridgehead atoms. The number of benzene rings is 1. The number of aromatic nitrogens is 1. The SMILES string of the molecule is O=C(N[C@@H]1CNCC[C@H]1O)c1csc(-c2ccc(C(F)(F)F)cc2)n1. The van der Waals surface area contributed by atoms with Crippen LogP contribution in [0.3, 0.4) is 0 Å². The number of carbonyl (C=O) groups is 1. The maximum atomic E-state index is 12.6. The largest absolute Gasteiger partial charge is 0.416 e. The number of halogens is 3. The zero-order valence-electron chi connectivity index (χ0n) is 13.0. The van der Waals surface area contributed by atoms with Crippen LogP contribution in [0, 0.1) is 0 Å². The fourth-order valence-electron chi connectivity index (χ4n) is 2.55. The highest BCUT2D eigenvalue weighted by atomic mass is 32.1. The maximum Gasteiger partial charge on any atom is 0.416 e. The summed E-state index contributed by atoms with van der Waals surface area (Å²) in [6.45, 7) is 1.17. The molecule has 0 unspecified atom stereocenters. The van der Waals surface area contributed by atoms with Crippen LogP contribution in [0.25, 0.3) is 10.6 Å². The molecule has 3 rings (SSSR count). The lowest BCUT2D eigenvalue weighted by atomic mass is 10.0. The predicted octanol–water partition coefficient (Wildman–Crippen LogP) is 2.28. The van der Waals surface area contributed by atoms with E-state index >= 15 is 0 Å². The van der Waals surface area contributed by atoms with Crippen molar-refractivity contribution in [2.24, 2.45) is 0 Å². The molecular weight excluding hydrogens is 355 g/mol. The van der Waals surface area contributed by atoms with Crippen LogP contribution >= 0.6 is 11.3 Å². The number of hydrogen-bond acceptors (Lipinski definition) is 5. The van der Waals surface area contributed by atoms with Crippen LogP contribution in [0.1, 0.15) is 22.5 Å². The third-order valence-corrected chi connectivity index (χ3v) is 4.85. The molecule has 1 saturated heterocycles. The van der Waals surface area contributed by atoms with Gasteiger partial charge in [0.1, 0.15) is 10.7 Å². The van der Waals surface area contributed by atoms with Crippen molar-refractivity contribution in [2.45, 2.75) is 24.7 Å². The second-order valence-electron chi connectivity index (χ2n) is 5.75. The van der Waals surface area contributed by atoms with E-state index in [0.717, 1.165) is 12.1 Å². The molecule has 5 nitrogen and oxygen atoms in total. The number of rotatable bonds is 3. The third kappa shape index (κ3) is 4.17. The molecule has 1 amide bonds. The molecule has 1 aromatic carbocycles. The van der Waals surface area contributed by atoms with Gasteiger partial charge in [0.05, 0.1) is 17.7 Å². The molecule has 2 heterocycles. The highest BCUT2D eigenvalue weighted by Gasteiger charge is 2.30. The molecule has 3 N–H and O–H groups in total. The van der Waals surface area contributed by atoms with E-state index in [0.29, 0.717) is 30.1 Å². The van der Waals surface area contributed by atoms with Crippen molar-refractivity contribution in [3.05, 3.63) is 40.9 Å². The first kappa shape index (κ1) is 17.8. The van der Waals surface area contributed by atoms with Crippen LogP contribution in [-0.4, -0.2) is 41.2 Å². The van der Waals surface area contributed by atoms with E-state index in [9.17, 15) is 23.1 Å². The zero-order valence-corrected chi connectivity index (χ0v) is 13.8. The van der Waals surface area contributed by atoms with Gasteiger partial charge in [0.2, 0.25) is 0 Å². The minimum atomic E-state index is -4.39. The molecule has 9 heteroatoms. The van der Waals surface area contributed by atoms with Gasteiger partial charge in [0.25, 0.3) is 5.91 Å². The summed E-state index contributed by atoms with van der Waals surface area (Å²) in [7, 11) is 0. The number of aliphatic hydroxyl groups is 1. The number of nitrogens with one attached hydrogen (secondary N) is 2. The molecule has 25 heavy (non-hydrogen) atoms. The zero-order chi connectivity index (χ0) is 18.0. The summed E-state index contributed by atoms with van der Waals surface area (Å²) in [5.74, 6) is -0.415. The number of piperidine rings is 1. The summed E-state index contributed by atoms with van der Waals surface area (Å²) < 4.78 is 37.8. The number of thiazole rings is 1. The summed E-state index contributed by atoms with van der Waals surface area (Å²) >= 11 is 1.18. The van der Waals surface area contributed by atoms with Gasteiger partial charge in [-0.3, -0.25) is 4.79 Å². The maximum absolute atomic E-state index is 12.6. The van der Waals surface area contributed by atoms with Gasteiger partial charge in [-0.05, 0) is 25.1 Å². The summed E-state index contributed by atoms with van der Waals surface area (Å²) in [5.41, 5.74) is -0.0429. The lowest BCUT2D eigenvalue weighted by Gasteiger charge is -2.28. The fourth-order valence-corrected chi connectivity index (χ4v) is 3.35. The van der Waals surface area contributed by atoms with Gasteiger partial charge in [0.15, 0.2) is 0 Å². The topological polar surface area (TPSA) is 74.2 Å². The Balaban J connectivity index is 1.70. The number of carbonyl (C=O) groups excluding carboxylic acids is 1. The van der Waals surface area contributed by atoms with Gasteiger partial charge in [-0.15, -0.1) is 11.3 Å². The third-order valence-electron chi connectivity index (χ3n) is 3.96. The van der Waals surface area contributed by atoms with E-state index in [4.69, 9.17) is 0 Å². The monoisotopic (exact) mass is 371 g/mol. The Kier molecular flexibility index (Phi) is 5.07. The molecule has 1 aliphatic rings. The minimum Gasteiger partial charge on any atom is -0.391 e. The van der Waals surface area contributed by atoms with Crippen LogP contribution in [-0.2, 0) is 6.18 Å². The normalized spacial score (nSPS) is 21.1. The van der Waals surface area contributed by atoms with E-state index in [1.54, 1.807) is 5.38 Å². The van der Waals surface area contributed by atoms with E-state index in [1.165, 1.54) is 23.5 Å². The minimum absolute atomic E-state index is 0.178. The Labute approximate surface area is 145 Å². The Morgan fingerprint density at radius 3 is 2.68 bits per heavy atom. The highest BCUT2D eigenvalue weighted by Crippen LogP contribution is 2.31. The molecule has 0 spiro atoms. The van der Waals surface area contributed by atoms with Crippen molar-refractivity contribution in [3.63, 3.8) is 0 Å². The van der Waals surface area contributed by atoms with Gasteiger partial charge >= 0.3 is 6.18 Å². The molecule has 1 aliphatic heterocycles. The first-order chi connectivity index (χ1) is 11.8. The number of hydrogen-bond donors (Lipinski definition) is 3. The molecule has 1 aromatic heterocycles. The van der Waals surface area contributed by atoms with Crippen molar-refractivity contribution < 1.29 is 23.1 Å². The average molecular weight is 371 g/mol. The summed E-state index contributed by atoms with van der Waals surface area (Å²) in [6.07, 6.45) is -4.45. The average Bonchev–Trinajstić information content (AvgIpc) is 3.06. The van der Waals surface area contributed by atoms with Crippen molar-refractivity contribution in [2.75, 3.05) is 13.1 Å². The van der Waals surface area contributed by atoms with Crippen molar-refractivity contribution in [1.29, 1.82) is 0 Å².